The van der Waals surface area contributed by atoms with Crippen LogP contribution in [0.15, 0.2) is 59.5 Å². The molecule has 114 valence electrons. The van der Waals surface area contributed by atoms with Gasteiger partial charge in [-0.25, -0.2) is 8.42 Å². The van der Waals surface area contributed by atoms with E-state index in [2.05, 4.69) is 5.32 Å². The van der Waals surface area contributed by atoms with Gasteiger partial charge in [-0.05, 0) is 24.3 Å². The maximum atomic E-state index is 12.2. The van der Waals surface area contributed by atoms with E-state index in [0.29, 0.717) is 11.3 Å². The third-order valence-corrected chi connectivity index (χ3v) is 4.58. The summed E-state index contributed by atoms with van der Waals surface area (Å²) in [5.41, 5.74) is 0.863. The van der Waals surface area contributed by atoms with Crippen LogP contribution in [0.5, 0.6) is 0 Å². The van der Waals surface area contributed by atoms with Crippen LogP contribution >= 0.6 is 0 Å². The highest BCUT2D eigenvalue weighted by Gasteiger charge is 2.20. The van der Waals surface area contributed by atoms with Gasteiger partial charge in [0.2, 0.25) is 5.91 Å². The number of carbonyl (C=O) groups is 2. The first-order chi connectivity index (χ1) is 10.4. The maximum Gasteiger partial charge on any atom is 0.221 e. The van der Waals surface area contributed by atoms with Crippen molar-refractivity contribution in [2.75, 3.05) is 11.1 Å². The van der Waals surface area contributed by atoms with Crippen LogP contribution in [0, 0.1) is 0 Å². The Morgan fingerprint density at radius 2 is 1.55 bits per heavy atom. The van der Waals surface area contributed by atoms with E-state index < -0.39 is 21.4 Å². The van der Waals surface area contributed by atoms with Gasteiger partial charge >= 0.3 is 0 Å². The minimum Gasteiger partial charge on any atom is -0.326 e. The van der Waals surface area contributed by atoms with Crippen LogP contribution in [-0.4, -0.2) is 25.9 Å². The lowest BCUT2D eigenvalue weighted by Crippen LogP contribution is -2.16. The summed E-state index contributed by atoms with van der Waals surface area (Å²) >= 11 is 0. The fraction of sp³-hybridized carbons (Fsp3) is 0.125. The van der Waals surface area contributed by atoms with Crippen molar-refractivity contribution in [2.24, 2.45) is 0 Å². The number of hydrogen-bond acceptors (Lipinski definition) is 4. The fourth-order valence-electron chi connectivity index (χ4n) is 1.91. The molecule has 0 atom stereocenters. The molecule has 5 nitrogen and oxygen atoms in total. The highest BCUT2D eigenvalue weighted by molar-refractivity contribution is 7.92. The Morgan fingerprint density at radius 3 is 2.09 bits per heavy atom. The summed E-state index contributed by atoms with van der Waals surface area (Å²) in [6.45, 7) is 1.36. The molecule has 6 heteroatoms. The standard InChI is InChI=1S/C16H15NO4S/c1-12(18)17-14-7-9-15(10-8-14)22(20,21)11-16(19)13-5-3-2-4-6-13/h2-10H,11H2,1H3,(H,17,18). The van der Waals surface area contributed by atoms with Crippen LogP contribution in [0.3, 0.4) is 0 Å². The lowest BCUT2D eigenvalue weighted by atomic mass is 10.2. The molecule has 2 aromatic rings. The molecular weight excluding hydrogens is 302 g/mol. The molecule has 0 aliphatic carbocycles. The zero-order chi connectivity index (χ0) is 16.2. The van der Waals surface area contributed by atoms with Gasteiger partial charge in [0, 0.05) is 18.2 Å². The second kappa shape index (κ2) is 6.53. The van der Waals surface area contributed by atoms with Crippen LogP contribution in [0.25, 0.3) is 0 Å². The normalized spacial score (nSPS) is 11.0. The third kappa shape index (κ3) is 4.02. The summed E-state index contributed by atoms with van der Waals surface area (Å²) in [5, 5.41) is 2.55. The lowest BCUT2D eigenvalue weighted by Gasteiger charge is -2.06. The monoisotopic (exact) mass is 317 g/mol. The quantitative estimate of drug-likeness (QED) is 0.858. The smallest absolute Gasteiger partial charge is 0.221 e. The predicted molar refractivity (Wildman–Crippen MR) is 83.6 cm³/mol. The van der Waals surface area contributed by atoms with E-state index in [1.807, 2.05) is 0 Å². The van der Waals surface area contributed by atoms with E-state index in [9.17, 15) is 18.0 Å². The number of amides is 1. The Balaban J connectivity index is 2.16. The Labute approximate surface area is 128 Å². The van der Waals surface area contributed by atoms with Gasteiger partial charge < -0.3 is 5.32 Å². The summed E-state index contributed by atoms with van der Waals surface area (Å²) in [5.74, 6) is -1.28. The second-order valence-corrected chi connectivity index (χ2v) is 6.74. The molecular formula is C16H15NO4S. The summed E-state index contributed by atoms with van der Waals surface area (Å²) in [6, 6.07) is 14.0. The van der Waals surface area contributed by atoms with Crippen LogP contribution in [0.2, 0.25) is 0 Å². The van der Waals surface area contributed by atoms with Crippen molar-refractivity contribution in [3.05, 3.63) is 60.2 Å². The molecule has 0 saturated carbocycles. The van der Waals surface area contributed by atoms with Gasteiger partial charge in [-0.3, -0.25) is 9.59 Å². The second-order valence-electron chi connectivity index (χ2n) is 4.75. The number of Topliss-reactive ketones (excluding diaryl/α,β-unsaturated/α-hetero) is 1. The zero-order valence-corrected chi connectivity index (χ0v) is 12.8. The number of benzene rings is 2. The number of sulfone groups is 1. The SMILES string of the molecule is CC(=O)Nc1ccc(S(=O)(=O)CC(=O)c2ccccc2)cc1. The highest BCUT2D eigenvalue weighted by Crippen LogP contribution is 2.16. The van der Waals surface area contributed by atoms with Gasteiger partial charge in [0.25, 0.3) is 0 Å². The average molecular weight is 317 g/mol. The molecule has 0 aromatic heterocycles. The van der Waals surface area contributed by atoms with Gasteiger partial charge in [-0.2, -0.15) is 0 Å². The third-order valence-electron chi connectivity index (χ3n) is 2.95. The van der Waals surface area contributed by atoms with Crippen LogP contribution in [0.4, 0.5) is 5.69 Å². The number of carbonyl (C=O) groups excluding carboxylic acids is 2. The van der Waals surface area contributed by atoms with Crippen LogP contribution in [0.1, 0.15) is 17.3 Å². The van der Waals surface area contributed by atoms with Crippen molar-refractivity contribution in [1.82, 2.24) is 0 Å². The van der Waals surface area contributed by atoms with Crippen molar-refractivity contribution < 1.29 is 18.0 Å². The minimum atomic E-state index is -3.72. The Morgan fingerprint density at radius 1 is 0.955 bits per heavy atom. The molecule has 0 spiro atoms. The number of ketones is 1. The molecule has 0 fully saturated rings. The molecule has 0 unspecified atom stereocenters. The Hall–Kier alpha value is -2.47. The first-order valence-corrected chi connectivity index (χ1v) is 8.22. The number of anilines is 1. The molecule has 2 rings (SSSR count). The molecule has 0 saturated heterocycles. The van der Waals surface area contributed by atoms with E-state index >= 15 is 0 Å². The van der Waals surface area contributed by atoms with Crippen molar-refractivity contribution >= 4 is 27.2 Å². The molecule has 0 aliphatic rings. The van der Waals surface area contributed by atoms with Crippen molar-refractivity contribution in [2.45, 2.75) is 11.8 Å². The van der Waals surface area contributed by atoms with E-state index in [1.54, 1.807) is 30.3 Å². The van der Waals surface area contributed by atoms with Crippen molar-refractivity contribution in [1.29, 1.82) is 0 Å². The minimum absolute atomic E-state index is 0.0471. The fourth-order valence-corrected chi connectivity index (χ4v) is 3.14. The highest BCUT2D eigenvalue weighted by atomic mass is 32.2. The summed E-state index contributed by atoms with van der Waals surface area (Å²) < 4.78 is 24.5. The molecule has 0 aliphatic heterocycles. The topological polar surface area (TPSA) is 80.3 Å². The van der Waals surface area contributed by atoms with Gasteiger partial charge in [-0.1, -0.05) is 30.3 Å². The average Bonchev–Trinajstić information content (AvgIpc) is 2.47. The van der Waals surface area contributed by atoms with Crippen molar-refractivity contribution in [3.8, 4) is 0 Å². The molecule has 2 aromatic carbocycles. The summed E-state index contributed by atoms with van der Waals surface area (Å²) in [7, 11) is -3.72. The number of nitrogens with one attached hydrogen (secondary N) is 1. The Kier molecular flexibility index (Phi) is 4.72. The predicted octanol–water partition coefficient (Wildman–Crippen LogP) is 2.30. The van der Waals surface area contributed by atoms with Gasteiger partial charge in [0.05, 0.1) is 4.90 Å². The van der Waals surface area contributed by atoms with Gasteiger partial charge in [0.15, 0.2) is 15.6 Å². The Bertz CT molecular complexity index is 781. The van der Waals surface area contributed by atoms with Gasteiger partial charge in [0.1, 0.15) is 5.75 Å². The number of hydrogen-bond donors (Lipinski definition) is 1. The first-order valence-electron chi connectivity index (χ1n) is 6.57. The van der Waals surface area contributed by atoms with E-state index in [1.165, 1.54) is 31.2 Å². The molecule has 22 heavy (non-hydrogen) atoms. The van der Waals surface area contributed by atoms with E-state index in [-0.39, 0.29) is 10.8 Å². The van der Waals surface area contributed by atoms with E-state index in [0.717, 1.165) is 0 Å². The van der Waals surface area contributed by atoms with Gasteiger partial charge in [-0.15, -0.1) is 0 Å². The maximum absolute atomic E-state index is 12.2. The van der Waals surface area contributed by atoms with Crippen LogP contribution < -0.4 is 5.32 Å². The molecule has 0 radical (unpaired) electrons. The first kappa shape index (κ1) is 15.9. The molecule has 1 N–H and O–H groups in total. The molecule has 0 bridgehead atoms. The lowest BCUT2D eigenvalue weighted by molar-refractivity contribution is -0.114. The summed E-state index contributed by atoms with van der Waals surface area (Å²) in [4.78, 5) is 23.0. The molecule has 1 amide bonds. The molecule has 0 heterocycles. The van der Waals surface area contributed by atoms with Crippen molar-refractivity contribution in [3.63, 3.8) is 0 Å². The zero-order valence-electron chi connectivity index (χ0n) is 11.9. The summed E-state index contributed by atoms with van der Waals surface area (Å²) in [6.07, 6.45) is 0. The van der Waals surface area contributed by atoms with Crippen LogP contribution in [-0.2, 0) is 14.6 Å². The number of rotatable bonds is 5. The largest absolute Gasteiger partial charge is 0.326 e. The van der Waals surface area contributed by atoms with E-state index in [4.69, 9.17) is 0 Å².